The molecule has 0 aliphatic rings. The fourth-order valence-corrected chi connectivity index (χ4v) is 2.36. The molecule has 0 aromatic heterocycles. The van der Waals surface area contributed by atoms with Gasteiger partial charge in [0.1, 0.15) is 0 Å². The summed E-state index contributed by atoms with van der Waals surface area (Å²) in [5.74, 6) is 0.527. The zero-order valence-electron chi connectivity index (χ0n) is 11.4. The van der Waals surface area contributed by atoms with Crippen molar-refractivity contribution in [3.05, 3.63) is 38.8 Å². The fraction of sp³-hybridized carbons (Fsp3) is 0.467. The van der Waals surface area contributed by atoms with Gasteiger partial charge in [0.2, 0.25) is 0 Å². The van der Waals surface area contributed by atoms with E-state index in [0.717, 1.165) is 16.0 Å². The van der Waals surface area contributed by atoms with Crippen LogP contribution in [-0.2, 0) is 0 Å². The lowest BCUT2D eigenvalue weighted by molar-refractivity contribution is 0.593. The molecule has 100 valence electrons. The molecule has 1 aromatic carbocycles. The van der Waals surface area contributed by atoms with Gasteiger partial charge in [0.05, 0.1) is 0 Å². The van der Waals surface area contributed by atoms with Gasteiger partial charge >= 0.3 is 0 Å². The smallest absolute Gasteiger partial charge is 0.0417 e. The Morgan fingerprint density at radius 2 is 2.00 bits per heavy atom. The number of halogens is 2. The lowest BCUT2D eigenvalue weighted by Gasteiger charge is -2.15. The van der Waals surface area contributed by atoms with Crippen molar-refractivity contribution in [2.24, 2.45) is 5.92 Å². The zero-order chi connectivity index (χ0) is 13.7. The van der Waals surface area contributed by atoms with Crippen molar-refractivity contribution in [1.82, 2.24) is 5.32 Å². The number of hydrogen-bond donors (Lipinski definition) is 1. The molecule has 1 N–H and O–H groups in total. The summed E-state index contributed by atoms with van der Waals surface area (Å²) in [6.45, 7) is 9.69. The van der Waals surface area contributed by atoms with E-state index in [1.165, 1.54) is 11.1 Å². The normalized spacial score (nSPS) is 12.6. The van der Waals surface area contributed by atoms with E-state index < -0.39 is 0 Å². The highest BCUT2D eigenvalue weighted by atomic mass is 79.9. The molecule has 1 nitrogen and oxygen atoms in total. The van der Waals surface area contributed by atoms with E-state index in [0.29, 0.717) is 12.0 Å². The second kappa shape index (κ2) is 7.32. The molecular weight excluding hydrogens is 310 g/mol. The summed E-state index contributed by atoms with van der Waals surface area (Å²) in [6, 6.07) is 6.40. The minimum Gasteiger partial charge on any atom is -0.311 e. The van der Waals surface area contributed by atoms with Gasteiger partial charge in [-0.1, -0.05) is 72.9 Å². The first kappa shape index (κ1) is 15.7. The van der Waals surface area contributed by atoms with Crippen molar-refractivity contribution in [2.75, 3.05) is 6.54 Å². The minimum absolute atomic E-state index is 0.501. The van der Waals surface area contributed by atoms with E-state index in [-0.39, 0.29) is 0 Å². The van der Waals surface area contributed by atoms with Crippen molar-refractivity contribution in [2.45, 2.75) is 33.7 Å². The van der Waals surface area contributed by atoms with Crippen molar-refractivity contribution in [1.29, 1.82) is 0 Å². The van der Waals surface area contributed by atoms with Crippen molar-refractivity contribution in [3.63, 3.8) is 0 Å². The first-order valence-corrected chi connectivity index (χ1v) is 7.46. The van der Waals surface area contributed by atoms with Gasteiger partial charge < -0.3 is 5.32 Å². The molecule has 0 amide bonds. The summed E-state index contributed by atoms with van der Waals surface area (Å²) in [6.07, 6.45) is 2.24. The topological polar surface area (TPSA) is 12.0 Å². The Morgan fingerprint density at radius 3 is 2.50 bits per heavy atom. The maximum atomic E-state index is 5.96. The quantitative estimate of drug-likeness (QED) is 0.788. The molecule has 0 heterocycles. The Hall–Kier alpha value is -0.310. The van der Waals surface area contributed by atoms with Crippen LogP contribution in [0.15, 0.2) is 28.2 Å². The van der Waals surface area contributed by atoms with Crippen LogP contribution in [0.5, 0.6) is 0 Å². The van der Waals surface area contributed by atoms with Gasteiger partial charge in [-0.15, -0.1) is 0 Å². The molecule has 0 fully saturated rings. The highest BCUT2D eigenvalue weighted by Crippen LogP contribution is 2.25. The molecule has 1 rings (SSSR count). The Morgan fingerprint density at radius 1 is 1.33 bits per heavy atom. The second-order valence-corrected chi connectivity index (χ2v) is 6.37. The van der Waals surface area contributed by atoms with Crippen molar-refractivity contribution >= 4 is 33.6 Å². The summed E-state index contributed by atoms with van der Waals surface area (Å²) in [5.41, 5.74) is 2.57. The molecule has 0 aliphatic carbocycles. The van der Waals surface area contributed by atoms with Crippen LogP contribution in [0.1, 0.15) is 33.3 Å². The summed E-state index contributed by atoms with van der Waals surface area (Å²) >= 11 is 9.51. The Labute approximate surface area is 124 Å². The molecule has 0 bridgehead atoms. The predicted octanol–water partition coefficient (Wildman–Crippen LogP) is 5.14. The SMILES string of the molecule is CC(C)NC/C(=C/c1ccc(Cl)cc1Br)C(C)C. The third-order valence-corrected chi connectivity index (χ3v) is 3.68. The summed E-state index contributed by atoms with van der Waals surface area (Å²) in [7, 11) is 0. The van der Waals surface area contributed by atoms with Crippen molar-refractivity contribution < 1.29 is 0 Å². The first-order chi connectivity index (χ1) is 8.40. The third-order valence-electron chi connectivity index (χ3n) is 2.76. The first-order valence-electron chi connectivity index (χ1n) is 6.29. The van der Waals surface area contributed by atoms with Crippen LogP contribution in [0.25, 0.3) is 6.08 Å². The highest BCUT2D eigenvalue weighted by Gasteiger charge is 2.06. The predicted molar refractivity (Wildman–Crippen MR) is 85.1 cm³/mol. The zero-order valence-corrected chi connectivity index (χ0v) is 13.8. The standard InChI is InChI=1S/C15H21BrClN/c1-10(2)13(9-18-11(3)4)7-12-5-6-14(17)8-15(12)16/h5-8,10-11,18H,9H2,1-4H3/b13-7-. The Bertz CT molecular complexity index is 425. The molecule has 0 radical (unpaired) electrons. The Kier molecular flexibility index (Phi) is 6.40. The average Bonchev–Trinajstić information content (AvgIpc) is 2.26. The average molecular weight is 331 g/mol. The van der Waals surface area contributed by atoms with Gasteiger partial charge in [-0.3, -0.25) is 0 Å². The maximum Gasteiger partial charge on any atom is 0.0417 e. The van der Waals surface area contributed by atoms with Gasteiger partial charge in [-0.05, 0) is 23.6 Å². The van der Waals surface area contributed by atoms with Crippen LogP contribution in [0.3, 0.4) is 0 Å². The van der Waals surface area contributed by atoms with Gasteiger partial charge in [-0.2, -0.15) is 0 Å². The van der Waals surface area contributed by atoms with Crippen molar-refractivity contribution in [3.8, 4) is 0 Å². The van der Waals surface area contributed by atoms with Gasteiger partial charge in [0.25, 0.3) is 0 Å². The molecular formula is C15H21BrClN. The van der Waals surface area contributed by atoms with Crippen LogP contribution >= 0.6 is 27.5 Å². The number of nitrogens with one attached hydrogen (secondary N) is 1. The second-order valence-electron chi connectivity index (χ2n) is 5.08. The van der Waals surface area contributed by atoms with Crippen LogP contribution < -0.4 is 5.32 Å². The monoisotopic (exact) mass is 329 g/mol. The fourth-order valence-electron chi connectivity index (χ4n) is 1.56. The summed E-state index contributed by atoms with van der Waals surface area (Å²) < 4.78 is 1.04. The molecule has 0 aliphatic heterocycles. The number of benzene rings is 1. The van der Waals surface area contributed by atoms with Gasteiger partial charge in [-0.25, -0.2) is 0 Å². The third kappa shape index (κ3) is 5.13. The van der Waals surface area contributed by atoms with Crippen LogP contribution in [0.2, 0.25) is 5.02 Å². The van der Waals surface area contributed by atoms with E-state index in [9.17, 15) is 0 Å². The largest absolute Gasteiger partial charge is 0.311 e. The molecule has 0 unspecified atom stereocenters. The van der Waals surface area contributed by atoms with Gasteiger partial charge in [0, 0.05) is 22.1 Å². The molecule has 3 heteroatoms. The molecule has 0 spiro atoms. The van der Waals surface area contributed by atoms with E-state index >= 15 is 0 Å². The lowest BCUT2D eigenvalue weighted by Crippen LogP contribution is -2.26. The van der Waals surface area contributed by atoms with E-state index in [1.54, 1.807) is 0 Å². The van der Waals surface area contributed by atoms with E-state index in [2.05, 4.69) is 55.0 Å². The molecule has 0 atom stereocenters. The van der Waals surface area contributed by atoms with Crippen LogP contribution in [0.4, 0.5) is 0 Å². The molecule has 0 saturated carbocycles. The highest BCUT2D eigenvalue weighted by molar-refractivity contribution is 9.10. The van der Waals surface area contributed by atoms with Gasteiger partial charge in [0.15, 0.2) is 0 Å². The number of rotatable bonds is 5. The molecule has 18 heavy (non-hydrogen) atoms. The summed E-state index contributed by atoms with van der Waals surface area (Å²) in [5, 5.41) is 4.22. The van der Waals surface area contributed by atoms with E-state index in [1.807, 2.05) is 18.2 Å². The van der Waals surface area contributed by atoms with Crippen LogP contribution in [0, 0.1) is 5.92 Å². The van der Waals surface area contributed by atoms with E-state index in [4.69, 9.17) is 11.6 Å². The lowest BCUT2D eigenvalue weighted by atomic mass is 10.00. The minimum atomic E-state index is 0.501. The van der Waals surface area contributed by atoms with Crippen LogP contribution in [-0.4, -0.2) is 12.6 Å². The maximum absolute atomic E-state index is 5.96. The Balaban J connectivity index is 2.93. The molecule has 0 saturated heterocycles. The summed E-state index contributed by atoms with van der Waals surface area (Å²) in [4.78, 5) is 0. The molecule has 1 aromatic rings. The number of hydrogen-bond acceptors (Lipinski definition) is 1.